The molecular formula is C13H17NO5. The van der Waals surface area contributed by atoms with E-state index in [1.165, 1.54) is 6.08 Å². The van der Waals surface area contributed by atoms with Gasteiger partial charge in [-0.3, -0.25) is 14.5 Å². The van der Waals surface area contributed by atoms with Gasteiger partial charge in [0.05, 0.1) is 5.92 Å². The van der Waals surface area contributed by atoms with Crippen LogP contribution < -0.4 is 0 Å². The van der Waals surface area contributed by atoms with Gasteiger partial charge in [0.2, 0.25) is 0 Å². The molecule has 0 aromatic carbocycles. The van der Waals surface area contributed by atoms with Gasteiger partial charge in [0, 0.05) is 6.04 Å². The first-order chi connectivity index (χ1) is 9.18. The molecule has 4 unspecified atom stereocenters. The predicted molar refractivity (Wildman–Crippen MR) is 63.8 cm³/mol. The summed E-state index contributed by atoms with van der Waals surface area (Å²) in [6, 6.07) is -0.135. The van der Waals surface area contributed by atoms with Crippen molar-refractivity contribution in [2.24, 2.45) is 11.8 Å². The maximum atomic E-state index is 12.0. The van der Waals surface area contributed by atoms with E-state index in [9.17, 15) is 14.7 Å². The largest absolute Gasteiger partial charge is 0.438 e. The van der Waals surface area contributed by atoms with Gasteiger partial charge < -0.3 is 14.6 Å². The number of carbonyl (C=O) groups excluding carboxylic acids is 2. The van der Waals surface area contributed by atoms with E-state index in [0.717, 1.165) is 25.9 Å². The van der Waals surface area contributed by atoms with Crippen LogP contribution in [0, 0.1) is 11.8 Å². The fourth-order valence-corrected chi connectivity index (χ4v) is 3.17. The van der Waals surface area contributed by atoms with E-state index in [2.05, 4.69) is 4.90 Å². The number of carbonyl (C=O) groups is 2. The van der Waals surface area contributed by atoms with E-state index in [1.807, 2.05) is 6.08 Å². The Morgan fingerprint density at radius 2 is 1.95 bits per heavy atom. The lowest BCUT2D eigenvalue weighted by molar-refractivity contribution is -0.244. The lowest BCUT2D eigenvalue weighted by Crippen LogP contribution is -2.50. The van der Waals surface area contributed by atoms with Crippen molar-refractivity contribution in [2.45, 2.75) is 25.2 Å². The molecule has 2 fully saturated rings. The van der Waals surface area contributed by atoms with Gasteiger partial charge in [-0.05, 0) is 32.0 Å². The fraction of sp³-hybridized carbons (Fsp3) is 0.692. The predicted octanol–water partition coefficient (Wildman–Crippen LogP) is -0.329. The molecule has 0 aromatic rings. The van der Waals surface area contributed by atoms with E-state index in [4.69, 9.17) is 9.47 Å². The standard InChI is InChI=1S/C13H17NO5/c15-9-4-3-8(14-5-1-2-6-14)10(9)11-12(16)18-7-19-13(11)17/h3-4,8,10-12,16H,1-2,5-7H2. The molecule has 6 heteroatoms. The van der Waals surface area contributed by atoms with Crippen molar-refractivity contribution in [3.8, 4) is 0 Å². The summed E-state index contributed by atoms with van der Waals surface area (Å²) < 4.78 is 9.76. The van der Waals surface area contributed by atoms with Crippen molar-refractivity contribution in [1.82, 2.24) is 4.90 Å². The molecule has 0 bridgehead atoms. The van der Waals surface area contributed by atoms with Crippen LogP contribution >= 0.6 is 0 Å². The first-order valence-electron chi connectivity index (χ1n) is 6.61. The highest BCUT2D eigenvalue weighted by atomic mass is 16.7. The molecule has 0 spiro atoms. The molecule has 1 aliphatic carbocycles. The van der Waals surface area contributed by atoms with E-state index < -0.39 is 24.1 Å². The van der Waals surface area contributed by atoms with Crippen LogP contribution in [0.2, 0.25) is 0 Å². The van der Waals surface area contributed by atoms with E-state index >= 15 is 0 Å². The van der Waals surface area contributed by atoms with Gasteiger partial charge in [-0.2, -0.15) is 0 Å². The number of aliphatic hydroxyl groups excluding tert-OH is 1. The number of likely N-dealkylation sites (tertiary alicyclic amines) is 1. The Kier molecular flexibility index (Phi) is 3.38. The number of esters is 1. The number of nitrogens with zero attached hydrogens (tertiary/aromatic N) is 1. The smallest absolute Gasteiger partial charge is 0.317 e. The minimum atomic E-state index is -1.26. The molecule has 0 radical (unpaired) electrons. The van der Waals surface area contributed by atoms with Crippen LogP contribution in [0.15, 0.2) is 12.2 Å². The quantitative estimate of drug-likeness (QED) is 0.691. The van der Waals surface area contributed by atoms with E-state index in [0.29, 0.717) is 0 Å². The van der Waals surface area contributed by atoms with Crippen LogP contribution in [0.1, 0.15) is 12.8 Å². The van der Waals surface area contributed by atoms with Gasteiger partial charge in [-0.25, -0.2) is 0 Å². The second-order valence-electron chi connectivity index (χ2n) is 5.19. The minimum Gasteiger partial charge on any atom is -0.438 e. The number of aliphatic hydroxyl groups is 1. The maximum Gasteiger partial charge on any atom is 0.317 e. The molecule has 2 heterocycles. The zero-order valence-corrected chi connectivity index (χ0v) is 10.5. The van der Waals surface area contributed by atoms with E-state index in [1.54, 1.807) is 0 Å². The Balaban J connectivity index is 1.83. The van der Waals surface area contributed by atoms with Gasteiger partial charge >= 0.3 is 5.97 Å². The second kappa shape index (κ2) is 5.03. The topological polar surface area (TPSA) is 76.1 Å². The minimum absolute atomic E-state index is 0.135. The van der Waals surface area contributed by atoms with E-state index in [-0.39, 0.29) is 18.6 Å². The third-order valence-electron chi connectivity index (χ3n) is 4.12. The molecule has 0 amide bonds. The fourth-order valence-electron chi connectivity index (χ4n) is 3.17. The van der Waals surface area contributed by atoms with Gasteiger partial charge in [-0.1, -0.05) is 6.08 Å². The number of ether oxygens (including phenoxy) is 2. The molecular weight excluding hydrogens is 250 g/mol. The van der Waals surface area contributed by atoms with Gasteiger partial charge in [-0.15, -0.1) is 0 Å². The number of hydrogen-bond donors (Lipinski definition) is 1. The molecule has 0 aromatic heterocycles. The average Bonchev–Trinajstić information content (AvgIpc) is 2.99. The second-order valence-corrected chi connectivity index (χ2v) is 5.19. The van der Waals surface area contributed by atoms with Gasteiger partial charge in [0.1, 0.15) is 5.92 Å². The highest BCUT2D eigenvalue weighted by Gasteiger charge is 2.49. The third-order valence-corrected chi connectivity index (χ3v) is 4.12. The van der Waals surface area contributed by atoms with Crippen molar-refractivity contribution in [3.05, 3.63) is 12.2 Å². The number of allylic oxidation sites excluding steroid dienone is 1. The molecule has 2 saturated heterocycles. The zero-order valence-electron chi connectivity index (χ0n) is 10.5. The molecule has 0 saturated carbocycles. The Bertz CT molecular complexity index is 415. The lowest BCUT2D eigenvalue weighted by atomic mass is 9.85. The highest BCUT2D eigenvalue weighted by Crippen LogP contribution is 2.34. The number of hydrogen-bond acceptors (Lipinski definition) is 6. The van der Waals surface area contributed by atoms with Crippen LogP contribution in [0.4, 0.5) is 0 Å². The number of rotatable bonds is 2. The van der Waals surface area contributed by atoms with Crippen LogP contribution in [-0.4, -0.2) is 54.0 Å². The van der Waals surface area contributed by atoms with Crippen LogP contribution in [0.25, 0.3) is 0 Å². The number of ketones is 1. The SMILES string of the molecule is O=C1OCOC(O)C1C1C(=O)C=CC1N1CCCC1. The summed E-state index contributed by atoms with van der Waals surface area (Å²) in [6.45, 7) is 1.58. The monoisotopic (exact) mass is 267 g/mol. The van der Waals surface area contributed by atoms with Crippen molar-refractivity contribution in [3.63, 3.8) is 0 Å². The van der Waals surface area contributed by atoms with Crippen LogP contribution in [-0.2, 0) is 19.1 Å². The normalized spacial score (nSPS) is 39.8. The van der Waals surface area contributed by atoms with Crippen molar-refractivity contribution in [1.29, 1.82) is 0 Å². The Labute approximate surface area is 111 Å². The maximum absolute atomic E-state index is 12.0. The summed E-state index contributed by atoms with van der Waals surface area (Å²) in [5, 5.41) is 9.86. The number of cyclic esters (lactones) is 1. The zero-order chi connectivity index (χ0) is 13.4. The van der Waals surface area contributed by atoms with Gasteiger partial charge in [0.15, 0.2) is 18.9 Å². The lowest BCUT2D eigenvalue weighted by Gasteiger charge is -2.35. The Hall–Kier alpha value is -1.24. The first kappa shape index (κ1) is 12.8. The molecule has 19 heavy (non-hydrogen) atoms. The average molecular weight is 267 g/mol. The van der Waals surface area contributed by atoms with Crippen LogP contribution in [0.5, 0.6) is 0 Å². The molecule has 4 atom stereocenters. The van der Waals surface area contributed by atoms with Crippen molar-refractivity contribution in [2.75, 3.05) is 19.9 Å². The summed E-state index contributed by atoms with van der Waals surface area (Å²) >= 11 is 0. The molecule has 104 valence electrons. The summed E-state index contributed by atoms with van der Waals surface area (Å²) in [6.07, 6.45) is 4.26. The molecule has 3 rings (SSSR count). The summed E-state index contributed by atoms with van der Waals surface area (Å²) in [5.74, 6) is -2.21. The molecule has 2 aliphatic heterocycles. The van der Waals surface area contributed by atoms with Crippen molar-refractivity contribution < 1.29 is 24.2 Å². The van der Waals surface area contributed by atoms with Crippen LogP contribution in [0.3, 0.4) is 0 Å². The Morgan fingerprint density at radius 1 is 1.21 bits per heavy atom. The van der Waals surface area contributed by atoms with Gasteiger partial charge in [0.25, 0.3) is 0 Å². The summed E-state index contributed by atoms with van der Waals surface area (Å²) in [7, 11) is 0. The third kappa shape index (κ3) is 2.20. The Morgan fingerprint density at radius 3 is 2.63 bits per heavy atom. The summed E-state index contributed by atoms with van der Waals surface area (Å²) in [5.41, 5.74) is 0. The summed E-state index contributed by atoms with van der Waals surface area (Å²) in [4.78, 5) is 26.1. The first-order valence-corrected chi connectivity index (χ1v) is 6.61. The van der Waals surface area contributed by atoms with Crippen molar-refractivity contribution >= 4 is 11.8 Å². The molecule has 3 aliphatic rings. The highest BCUT2D eigenvalue weighted by molar-refractivity contribution is 5.98. The molecule has 6 nitrogen and oxygen atoms in total. The molecule has 1 N–H and O–H groups in total.